The molecule has 1 amide bonds. The first-order valence-corrected chi connectivity index (χ1v) is 8.10. The number of nitrogens with one attached hydrogen (secondary N) is 1. The second-order valence-corrected chi connectivity index (χ2v) is 6.17. The Kier molecular flexibility index (Phi) is 4.52. The molecule has 3 aromatic rings. The summed E-state index contributed by atoms with van der Waals surface area (Å²) >= 11 is 0. The molecule has 0 aliphatic carbocycles. The Morgan fingerprint density at radius 2 is 1.64 bits per heavy atom. The standard InChI is InChI=1S/C21H20N2O2/c1-13-8-9-18(14(2)10-13)15(3)22-23-21(25)19-11-16-6-4-5-7-17(16)12-20(19)24/h4-12,24H,1-3H3,(H,23,25). The molecule has 0 bridgehead atoms. The van der Waals surface area contributed by atoms with Crippen LogP contribution in [-0.2, 0) is 0 Å². The van der Waals surface area contributed by atoms with Gasteiger partial charge in [0.15, 0.2) is 0 Å². The molecule has 25 heavy (non-hydrogen) atoms. The summed E-state index contributed by atoms with van der Waals surface area (Å²) in [5.74, 6) is -0.497. The quantitative estimate of drug-likeness (QED) is 0.554. The third-order valence-electron chi connectivity index (χ3n) is 4.21. The van der Waals surface area contributed by atoms with Gasteiger partial charge in [-0.1, -0.05) is 48.0 Å². The monoisotopic (exact) mass is 332 g/mol. The fourth-order valence-corrected chi connectivity index (χ4v) is 2.88. The largest absolute Gasteiger partial charge is 0.507 e. The van der Waals surface area contributed by atoms with Gasteiger partial charge in [0.05, 0.1) is 11.3 Å². The first kappa shape index (κ1) is 16.7. The zero-order chi connectivity index (χ0) is 18.0. The second-order valence-electron chi connectivity index (χ2n) is 6.17. The predicted molar refractivity (Wildman–Crippen MR) is 101 cm³/mol. The van der Waals surface area contributed by atoms with E-state index in [4.69, 9.17) is 0 Å². The minimum Gasteiger partial charge on any atom is -0.507 e. The van der Waals surface area contributed by atoms with E-state index < -0.39 is 5.91 Å². The van der Waals surface area contributed by atoms with Gasteiger partial charge < -0.3 is 5.11 Å². The van der Waals surface area contributed by atoms with Crippen molar-refractivity contribution in [3.8, 4) is 5.75 Å². The van der Waals surface area contributed by atoms with Crippen molar-refractivity contribution in [2.75, 3.05) is 0 Å². The number of hydrogen-bond donors (Lipinski definition) is 2. The number of hydrazone groups is 1. The van der Waals surface area contributed by atoms with E-state index in [1.165, 1.54) is 5.56 Å². The fraction of sp³-hybridized carbons (Fsp3) is 0.143. The first-order chi connectivity index (χ1) is 12.0. The van der Waals surface area contributed by atoms with Crippen LogP contribution in [0, 0.1) is 13.8 Å². The summed E-state index contributed by atoms with van der Waals surface area (Å²) < 4.78 is 0. The number of aryl methyl sites for hydroxylation is 2. The number of amides is 1. The average Bonchev–Trinajstić information content (AvgIpc) is 2.58. The molecule has 0 heterocycles. The molecule has 3 aromatic carbocycles. The van der Waals surface area contributed by atoms with Crippen molar-refractivity contribution in [3.05, 3.63) is 76.9 Å². The smallest absolute Gasteiger partial charge is 0.275 e. The molecule has 0 aliphatic rings. The zero-order valence-electron chi connectivity index (χ0n) is 14.5. The highest BCUT2D eigenvalue weighted by molar-refractivity contribution is 6.04. The lowest BCUT2D eigenvalue weighted by molar-refractivity contribution is 0.0952. The van der Waals surface area contributed by atoms with E-state index in [9.17, 15) is 9.90 Å². The Labute approximate surface area is 146 Å². The van der Waals surface area contributed by atoms with Crippen molar-refractivity contribution < 1.29 is 9.90 Å². The Hall–Kier alpha value is -3.14. The Bertz CT molecular complexity index is 990. The van der Waals surface area contributed by atoms with Crippen LogP contribution >= 0.6 is 0 Å². The van der Waals surface area contributed by atoms with E-state index in [0.717, 1.165) is 21.9 Å². The Balaban J connectivity index is 1.85. The number of aromatic hydroxyl groups is 1. The molecule has 0 radical (unpaired) electrons. The van der Waals surface area contributed by atoms with Gasteiger partial charge in [0.1, 0.15) is 5.75 Å². The maximum atomic E-state index is 12.4. The summed E-state index contributed by atoms with van der Waals surface area (Å²) in [4.78, 5) is 12.4. The molecule has 0 spiro atoms. The molecule has 3 rings (SSSR count). The fourth-order valence-electron chi connectivity index (χ4n) is 2.88. The highest BCUT2D eigenvalue weighted by atomic mass is 16.3. The number of rotatable bonds is 3. The van der Waals surface area contributed by atoms with Gasteiger partial charge in [-0.05, 0) is 49.2 Å². The summed E-state index contributed by atoms with van der Waals surface area (Å²) in [6.45, 7) is 5.89. The minimum absolute atomic E-state index is 0.0597. The third-order valence-corrected chi connectivity index (χ3v) is 4.21. The molecule has 2 N–H and O–H groups in total. The summed E-state index contributed by atoms with van der Waals surface area (Å²) in [7, 11) is 0. The molecule has 126 valence electrons. The molecular weight excluding hydrogens is 312 g/mol. The van der Waals surface area contributed by atoms with Gasteiger partial charge in [-0.3, -0.25) is 4.79 Å². The van der Waals surface area contributed by atoms with Crippen molar-refractivity contribution in [3.63, 3.8) is 0 Å². The maximum Gasteiger partial charge on any atom is 0.275 e. The van der Waals surface area contributed by atoms with Gasteiger partial charge in [-0.2, -0.15) is 5.10 Å². The number of carbonyl (C=O) groups excluding carboxylic acids is 1. The summed E-state index contributed by atoms with van der Waals surface area (Å²) in [5, 5.41) is 16.1. The molecule has 4 heteroatoms. The number of phenolic OH excluding ortho intramolecular Hbond substituents is 1. The highest BCUT2D eigenvalue weighted by Crippen LogP contribution is 2.24. The molecule has 0 unspecified atom stereocenters. The topological polar surface area (TPSA) is 61.7 Å². The van der Waals surface area contributed by atoms with Crippen molar-refractivity contribution >= 4 is 22.4 Å². The Morgan fingerprint density at radius 3 is 2.32 bits per heavy atom. The van der Waals surface area contributed by atoms with E-state index in [-0.39, 0.29) is 11.3 Å². The molecule has 0 saturated heterocycles. The number of nitrogens with zero attached hydrogens (tertiary/aromatic N) is 1. The van der Waals surface area contributed by atoms with Gasteiger partial charge in [0.2, 0.25) is 0 Å². The van der Waals surface area contributed by atoms with Crippen LogP contribution in [0.4, 0.5) is 0 Å². The second kappa shape index (κ2) is 6.77. The summed E-state index contributed by atoms with van der Waals surface area (Å²) in [6.07, 6.45) is 0. The maximum absolute atomic E-state index is 12.4. The number of benzene rings is 3. The first-order valence-electron chi connectivity index (χ1n) is 8.10. The van der Waals surface area contributed by atoms with Crippen LogP contribution in [-0.4, -0.2) is 16.7 Å². The number of carbonyl (C=O) groups is 1. The molecular formula is C21H20N2O2. The lowest BCUT2D eigenvalue weighted by atomic mass is 10.0. The van der Waals surface area contributed by atoms with Crippen LogP contribution in [0.15, 0.2) is 59.7 Å². The normalized spacial score (nSPS) is 11.6. The molecule has 4 nitrogen and oxygen atoms in total. The van der Waals surface area contributed by atoms with Crippen molar-refractivity contribution in [1.29, 1.82) is 0 Å². The van der Waals surface area contributed by atoms with Crippen LogP contribution in [0.5, 0.6) is 5.75 Å². The van der Waals surface area contributed by atoms with Crippen LogP contribution in [0.2, 0.25) is 0 Å². The molecule has 0 saturated carbocycles. The number of hydrogen-bond acceptors (Lipinski definition) is 3. The SMILES string of the molecule is CC(=NNC(=O)c1cc2ccccc2cc1O)c1ccc(C)cc1C. The van der Waals surface area contributed by atoms with Crippen molar-refractivity contribution in [2.24, 2.45) is 5.10 Å². The highest BCUT2D eigenvalue weighted by Gasteiger charge is 2.12. The molecule has 0 aliphatic heterocycles. The predicted octanol–water partition coefficient (Wildman–Crippen LogP) is 4.32. The Morgan fingerprint density at radius 1 is 0.960 bits per heavy atom. The van der Waals surface area contributed by atoms with Crippen LogP contribution in [0.1, 0.15) is 34.0 Å². The lowest BCUT2D eigenvalue weighted by Gasteiger charge is -2.08. The average molecular weight is 332 g/mol. The minimum atomic E-state index is -0.438. The van der Waals surface area contributed by atoms with Crippen LogP contribution < -0.4 is 5.43 Å². The van der Waals surface area contributed by atoms with Gasteiger partial charge in [0.25, 0.3) is 5.91 Å². The summed E-state index contributed by atoms with van der Waals surface area (Å²) in [6, 6.07) is 16.9. The van der Waals surface area contributed by atoms with Crippen LogP contribution in [0.25, 0.3) is 10.8 Å². The van der Waals surface area contributed by atoms with Gasteiger partial charge >= 0.3 is 0 Å². The number of fused-ring (bicyclic) bond motifs is 1. The van der Waals surface area contributed by atoms with Crippen LogP contribution in [0.3, 0.4) is 0 Å². The van der Waals surface area contributed by atoms with E-state index in [2.05, 4.69) is 16.6 Å². The van der Waals surface area contributed by atoms with E-state index in [1.54, 1.807) is 12.1 Å². The summed E-state index contributed by atoms with van der Waals surface area (Å²) in [5.41, 5.74) is 6.71. The molecule has 0 aromatic heterocycles. The number of phenols is 1. The van der Waals surface area contributed by atoms with E-state index >= 15 is 0 Å². The molecule has 0 fully saturated rings. The van der Waals surface area contributed by atoms with Gasteiger partial charge in [-0.25, -0.2) is 5.43 Å². The van der Waals surface area contributed by atoms with Crippen molar-refractivity contribution in [1.82, 2.24) is 5.43 Å². The van der Waals surface area contributed by atoms with Gasteiger partial charge in [-0.15, -0.1) is 0 Å². The molecule has 0 atom stereocenters. The van der Waals surface area contributed by atoms with Crippen molar-refractivity contribution in [2.45, 2.75) is 20.8 Å². The zero-order valence-corrected chi connectivity index (χ0v) is 14.5. The van der Waals surface area contributed by atoms with Gasteiger partial charge in [0, 0.05) is 5.56 Å². The lowest BCUT2D eigenvalue weighted by Crippen LogP contribution is -2.19. The van der Waals surface area contributed by atoms with E-state index in [1.807, 2.05) is 57.2 Å². The van der Waals surface area contributed by atoms with E-state index in [0.29, 0.717) is 5.71 Å². The third kappa shape index (κ3) is 3.53.